The number of hydrogen-bond donors (Lipinski definition) is 1. The van der Waals surface area contributed by atoms with Gasteiger partial charge in [0.05, 0.1) is 15.1 Å². The monoisotopic (exact) mass is 372 g/mol. The molecule has 0 spiro atoms. The van der Waals surface area contributed by atoms with Crippen LogP contribution in [0.2, 0.25) is 15.1 Å². The van der Waals surface area contributed by atoms with Gasteiger partial charge in [-0.3, -0.25) is 4.79 Å². The van der Waals surface area contributed by atoms with Crippen molar-refractivity contribution in [2.24, 2.45) is 0 Å². The molecule has 21 heavy (non-hydrogen) atoms. The van der Waals surface area contributed by atoms with Gasteiger partial charge >= 0.3 is 0 Å². The van der Waals surface area contributed by atoms with Gasteiger partial charge in [0, 0.05) is 25.7 Å². The average Bonchev–Trinajstić information content (AvgIpc) is 2.94. The van der Waals surface area contributed by atoms with E-state index in [0.717, 1.165) is 19.5 Å². The summed E-state index contributed by atoms with van der Waals surface area (Å²) in [6, 6.07) is 3.22. The fourth-order valence-electron chi connectivity index (χ4n) is 2.03. The Kier molecular flexibility index (Phi) is 7.37. The Morgan fingerprint density at radius 2 is 2.00 bits per heavy atom. The number of nitrogens with zero attached hydrogens (tertiary/aromatic N) is 1. The molecule has 1 saturated heterocycles. The number of carbonyl (C=O) groups excluding carboxylic acids is 1. The lowest BCUT2D eigenvalue weighted by Crippen LogP contribution is -2.40. The Balaban J connectivity index is 0.00000220. The minimum atomic E-state index is -0.0964. The van der Waals surface area contributed by atoms with Gasteiger partial charge in [-0.1, -0.05) is 34.8 Å². The van der Waals surface area contributed by atoms with Gasteiger partial charge in [-0.2, -0.15) is 0 Å². The third-order valence-corrected chi connectivity index (χ3v) is 4.32. The van der Waals surface area contributed by atoms with Crippen LogP contribution in [0.3, 0.4) is 0 Å². The lowest BCUT2D eigenvalue weighted by molar-refractivity contribution is -0.133. The molecule has 118 valence electrons. The van der Waals surface area contributed by atoms with Gasteiger partial charge in [0.25, 0.3) is 5.91 Å². The Morgan fingerprint density at radius 1 is 1.33 bits per heavy atom. The highest BCUT2D eigenvalue weighted by Crippen LogP contribution is 2.33. The molecule has 1 aromatic carbocycles. The molecule has 1 fully saturated rings. The predicted octanol–water partition coefficient (Wildman–Crippen LogP) is 3.27. The summed E-state index contributed by atoms with van der Waals surface area (Å²) in [5.41, 5.74) is 0. The SMILES string of the molecule is CN(C(=O)COc1cc(Cl)c(Cl)cc1Cl)C1CCNC1.Cl. The van der Waals surface area contributed by atoms with E-state index in [1.165, 1.54) is 12.1 Å². The van der Waals surface area contributed by atoms with Crippen LogP contribution in [0.1, 0.15) is 6.42 Å². The first-order valence-electron chi connectivity index (χ1n) is 6.22. The first-order valence-corrected chi connectivity index (χ1v) is 7.36. The van der Waals surface area contributed by atoms with E-state index in [2.05, 4.69) is 5.32 Å². The van der Waals surface area contributed by atoms with E-state index in [1.807, 2.05) is 0 Å². The summed E-state index contributed by atoms with van der Waals surface area (Å²) < 4.78 is 5.43. The minimum Gasteiger partial charge on any atom is -0.482 e. The molecule has 0 aliphatic carbocycles. The maximum absolute atomic E-state index is 12.0. The van der Waals surface area contributed by atoms with Gasteiger partial charge in [-0.15, -0.1) is 12.4 Å². The van der Waals surface area contributed by atoms with Crippen molar-refractivity contribution in [3.8, 4) is 5.75 Å². The molecule has 1 N–H and O–H groups in total. The summed E-state index contributed by atoms with van der Waals surface area (Å²) in [5.74, 6) is 0.258. The molecule has 2 rings (SSSR count). The largest absolute Gasteiger partial charge is 0.482 e. The zero-order chi connectivity index (χ0) is 14.7. The number of ether oxygens (including phenoxy) is 1. The fraction of sp³-hybridized carbons (Fsp3) is 0.462. The van der Waals surface area contributed by atoms with E-state index >= 15 is 0 Å². The van der Waals surface area contributed by atoms with Crippen LogP contribution < -0.4 is 10.1 Å². The minimum absolute atomic E-state index is 0. The summed E-state index contributed by atoms with van der Waals surface area (Å²) in [4.78, 5) is 13.7. The molecular formula is C13H16Cl4N2O2. The zero-order valence-electron chi connectivity index (χ0n) is 11.4. The van der Waals surface area contributed by atoms with Crippen molar-refractivity contribution in [1.82, 2.24) is 10.2 Å². The summed E-state index contributed by atoms with van der Waals surface area (Å²) in [6.45, 7) is 1.67. The highest BCUT2D eigenvalue weighted by molar-refractivity contribution is 6.43. The molecule has 1 aliphatic heterocycles. The van der Waals surface area contributed by atoms with Crippen LogP contribution in [-0.4, -0.2) is 43.6 Å². The van der Waals surface area contributed by atoms with E-state index < -0.39 is 0 Å². The van der Waals surface area contributed by atoms with Crippen LogP contribution >= 0.6 is 47.2 Å². The van der Waals surface area contributed by atoms with Crippen molar-refractivity contribution in [1.29, 1.82) is 0 Å². The fourth-order valence-corrected chi connectivity index (χ4v) is 2.62. The molecule has 1 aliphatic rings. The number of benzene rings is 1. The van der Waals surface area contributed by atoms with Crippen LogP contribution in [-0.2, 0) is 4.79 Å². The Labute approximate surface area is 145 Å². The molecule has 0 bridgehead atoms. The van der Waals surface area contributed by atoms with Crippen LogP contribution in [0.4, 0.5) is 0 Å². The molecule has 1 atom stereocenters. The number of hydrogen-bond acceptors (Lipinski definition) is 3. The van der Waals surface area contributed by atoms with Crippen molar-refractivity contribution < 1.29 is 9.53 Å². The normalized spacial score (nSPS) is 17.2. The molecule has 1 unspecified atom stereocenters. The standard InChI is InChI=1S/C13H15Cl3N2O2.ClH/c1-18(8-2-3-17-6-8)13(19)7-20-12-5-10(15)9(14)4-11(12)16;/h4-5,8,17H,2-3,6-7H2,1H3;1H. The van der Waals surface area contributed by atoms with Gasteiger partial charge in [0.2, 0.25) is 0 Å². The molecule has 0 aromatic heterocycles. The second kappa shape index (κ2) is 8.30. The van der Waals surface area contributed by atoms with Crippen LogP contribution in [0.25, 0.3) is 0 Å². The van der Waals surface area contributed by atoms with Crippen LogP contribution in [0, 0.1) is 0 Å². The Bertz CT molecular complexity index is 507. The van der Waals surface area contributed by atoms with E-state index in [-0.39, 0.29) is 31.0 Å². The lowest BCUT2D eigenvalue weighted by Gasteiger charge is -2.23. The third-order valence-electron chi connectivity index (χ3n) is 3.30. The molecule has 0 saturated carbocycles. The molecule has 4 nitrogen and oxygen atoms in total. The first-order chi connectivity index (χ1) is 9.49. The van der Waals surface area contributed by atoms with Crippen LogP contribution in [0.5, 0.6) is 5.75 Å². The number of carbonyl (C=O) groups is 1. The van der Waals surface area contributed by atoms with Crippen molar-refractivity contribution >= 4 is 53.1 Å². The number of rotatable bonds is 4. The third kappa shape index (κ3) is 4.80. The smallest absolute Gasteiger partial charge is 0.260 e. The van der Waals surface area contributed by atoms with Crippen molar-refractivity contribution in [2.45, 2.75) is 12.5 Å². The predicted molar refractivity (Wildman–Crippen MR) is 88.3 cm³/mol. The van der Waals surface area contributed by atoms with Gasteiger partial charge in [-0.05, 0) is 19.0 Å². The summed E-state index contributed by atoms with van der Waals surface area (Å²) >= 11 is 17.7. The highest BCUT2D eigenvalue weighted by atomic mass is 35.5. The molecule has 8 heteroatoms. The van der Waals surface area contributed by atoms with Gasteiger partial charge < -0.3 is 15.0 Å². The summed E-state index contributed by atoms with van der Waals surface area (Å²) in [5, 5.41) is 4.24. The second-order valence-electron chi connectivity index (χ2n) is 4.64. The van der Waals surface area contributed by atoms with Crippen molar-refractivity contribution in [3.05, 3.63) is 27.2 Å². The maximum Gasteiger partial charge on any atom is 0.260 e. The summed E-state index contributed by atoms with van der Waals surface area (Å²) in [6.07, 6.45) is 0.954. The second-order valence-corrected chi connectivity index (χ2v) is 5.86. The quantitative estimate of drug-likeness (QED) is 0.823. The number of halogens is 4. The molecule has 1 amide bonds. The lowest BCUT2D eigenvalue weighted by atomic mass is 10.2. The molecule has 1 heterocycles. The Hall–Kier alpha value is -0.390. The zero-order valence-corrected chi connectivity index (χ0v) is 14.5. The number of nitrogens with one attached hydrogen (secondary N) is 1. The van der Waals surface area contributed by atoms with E-state index in [1.54, 1.807) is 11.9 Å². The first kappa shape index (κ1) is 18.7. The molecule has 1 aromatic rings. The highest BCUT2D eigenvalue weighted by Gasteiger charge is 2.23. The van der Waals surface area contributed by atoms with E-state index in [0.29, 0.717) is 20.8 Å². The van der Waals surface area contributed by atoms with Crippen molar-refractivity contribution in [2.75, 3.05) is 26.7 Å². The average molecular weight is 374 g/mol. The maximum atomic E-state index is 12.0. The van der Waals surface area contributed by atoms with E-state index in [4.69, 9.17) is 39.5 Å². The van der Waals surface area contributed by atoms with Crippen LogP contribution in [0.15, 0.2) is 12.1 Å². The number of likely N-dealkylation sites (N-methyl/N-ethyl adjacent to an activating group) is 1. The molecule has 0 radical (unpaired) electrons. The molecular weight excluding hydrogens is 358 g/mol. The van der Waals surface area contributed by atoms with Gasteiger partial charge in [0.1, 0.15) is 5.75 Å². The summed E-state index contributed by atoms with van der Waals surface area (Å²) in [7, 11) is 1.78. The van der Waals surface area contributed by atoms with Gasteiger partial charge in [-0.25, -0.2) is 0 Å². The number of amides is 1. The Morgan fingerprint density at radius 3 is 2.62 bits per heavy atom. The van der Waals surface area contributed by atoms with Gasteiger partial charge in [0.15, 0.2) is 6.61 Å². The van der Waals surface area contributed by atoms with E-state index in [9.17, 15) is 4.79 Å². The topological polar surface area (TPSA) is 41.6 Å². The van der Waals surface area contributed by atoms with Crippen molar-refractivity contribution in [3.63, 3.8) is 0 Å².